The van der Waals surface area contributed by atoms with E-state index >= 15 is 0 Å². The highest BCUT2D eigenvalue weighted by atomic mass is 32.2. The van der Waals surface area contributed by atoms with Crippen LogP contribution in [0.1, 0.15) is 12.5 Å². The van der Waals surface area contributed by atoms with E-state index in [1.165, 1.54) is 0 Å². The second-order valence-corrected chi connectivity index (χ2v) is 6.73. The number of carbonyl (C=O) groups excluding carboxylic acids is 1. The largest absolute Gasteiger partial charge is 0.493 e. The molecular formula is C17H21N3O5S. The van der Waals surface area contributed by atoms with E-state index in [-0.39, 0.29) is 16.9 Å². The molecule has 3 N–H and O–H groups in total. The van der Waals surface area contributed by atoms with Crippen molar-refractivity contribution in [3.05, 3.63) is 40.2 Å². The Hall–Kier alpha value is -2.68. The van der Waals surface area contributed by atoms with Crippen LogP contribution in [0.15, 0.2) is 34.2 Å². The molecule has 1 heterocycles. The van der Waals surface area contributed by atoms with Crippen molar-refractivity contribution >= 4 is 17.7 Å². The molecule has 1 atom stereocenters. The number of hydrogen-bond donors (Lipinski definition) is 3. The van der Waals surface area contributed by atoms with E-state index in [4.69, 9.17) is 9.47 Å². The summed E-state index contributed by atoms with van der Waals surface area (Å²) in [5.74, 6) is 0.718. The van der Waals surface area contributed by atoms with Crippen molar-refractivity contribution in [3.63, 3.8) is 0 Å². The Kier molecular flexibility index (Phi) is 6.90. The van der Waals surface area contributed by atoms with Gasteiger partial charge >= 0.3 is 0 Å². The number of nitrogens with zero attached hydrogens (tertiary/aromatic N) is 1. The van der Waals surface area contributed by atoms with Gasteiger partial charge in [-0.2, -0.15) is 4.98 Å². The quantitative estimate of drug-likeness (QED) is 0.468. The molecule has 0 spiro atoms. The summed E-state index contributed by atoms with van der Waals surface area (Å²) in [5.41, 5.74) is 0.531. The number of H-pyrrole nitrogens is 1. The molecule has 1 amide bonds. The van der Waals surface area contributed by atoms with Gasteiger partial charge in [0, 0.05) is 6.54 Å². The SMILES string of the molecule is COc1ccc(CCNC(=O)[C@H](C)Sc2nc(O)cc(=O)[nH]2)cc1OC. The number of nitrogens with one attached hydrogen (secondary N) is 2. The Labute approximate surface area is 154 Å². The number of benzene rings is 1. The van der Waals surface area contributed by atoms with Gasteiger partial charge in [0.25, 0.3) is 5.56 Å². The highest BCUT2D eigenvalue weighted by molar-refractivity contribution is 8.00. The fourth-order valence-electron chi connectivity index (χ4n) is 2.21. The van der Waals surface area contributed by atoms with Gasteiger partial charge in [-0.15, -0.1) is 0 Å². The summed E-state index contributed by atoms with van der Waals surface area (Å²) in [4.78, 5) is 29.7. The lowest BCUT2D eigenvalue weighted by Gasteiger charge is -2.12. The molecule has 0 aliphatic heterocycles. The molecule has 0 saturated heterocycles. The molecule has 0 aliphatic rings. The van der Waals surface area contributed by atoms with Crippen LogP contribution in [-0.4, -0.2) is 47.0 Å². The first-order valence-corrected chi connectivity index (χ1v) is 8.76. The summed E-state index contributed by atoms with van der Waals surface area (Å²) in [5, 5.41) is 11.9. The summed E-state index contributed by atoms with van der Waals surface area (Å²) in [6, 6.07) is 6.56. The minimum Gasteiger partial charge on any atom is -0.493 e. The van der Waals surface area contributed by atoms with Gasteiger partial charge in [0.1, 0.15) is 0 Å². The molecule has 1 aromatic carbocycles. The van der Waals surface area contributed by atoms with Gasteiger partial charge in [0.05, 0.1) is 25.5 Å². The lowest BCUT2D eigenvalue weighted by Crippen LogP contribution is -2.32. The zero-order valence-electron chi connectivity index (χ0n) is 14.7. The smallest absolute Gasteiger partial charge is 0.255 e. The number of aromatic hydroxyl groups is 1. The normalized spacial score (nSPS) is 11.7. The van der Waals surface area contributed by atoms with Crippen molar-refractivity contribution in [3.8, 4) is 17.4 Å². The molecule has 0 bridgehead atoms. The van der Waals surface area contributed by atoms with Gasteiger partial charge in [-0.3, -0.25) is 9.59 Å². The Morgan fingerprint density at radius 2 is 2.04 bits per heavy atom. The Balaban J connectivity index is 1.87. The van der Waals surface area contributed by atoms with Crippen molar-refractivity contribution < 1.29 is 19.4 Å². The van der Waals surface area contributed by atoms with E-state index < -0.39 is 10.8 Å². The maximum Gasteiger partial charge on any atom is 0.255 e. The number of carbonyl (C=O) groups is 1. The predicted molar refractivity (Wildman–Crippen MR) is 98.1 cm³/mol. The van der Waals surface area contributed by atoms with Gasteiger partial charge in [0.15, 0.2) is 16.7 Å². The second kappa shape index (κ2) is 9.14. The number of rotatable bonds is 8. The van der Waals surface area contributed by atoms with Gasteiger partial charge in [0.2, 0.25) is 11.8 Å². The number of hydrogen-bond acceptors (Lipinski definition) is 7. The minimum atomic E-state index is -0.481. The molecule has 0 unspecified atom stereocenters. The van der Waals surface area contributed by atoms with E-state index in [9.17, 15) is 14.7 Å². The average Bonchev–Trinajstić information content (AvgIpc) is 2.60. The third-order valence-electron chi connectivity index (χ3n) is 3.52. The maximum absolute atomic E-state index is 12.2. The fourth-order valence-corrected chi connectivity index (χ4v) is 3.04. The lowest BCUT2D eigenvalue weighted by molar-refractivity contribution is -0.120. The molecule has 2 rings (SSSR count). The number of amides is 1. The molecule has 140 valence electrons. The average molecular weight is 379 g/mol. The molecule has 0 saturated carbocycles. The van der Waals surface area contributed by atoms with E-state index in [0.717, 1.165) is 23.4 Å². The highest BCUT2D eigenvalue weighted by Gasteiger charge is 2.16. The monoisotopic (exact) mass is 379 g/mol. The number of ether oxygens (including phenoxy) is 2. The van der Waals surface area contributed by atoms with Gasteiger partial charge in [-0.05, 0) is 31.0 Å². The van der Waals surface area contributed by atoms with Gasteiger partial charge in [-0.1, -0.05) is 17.8 Å². The Morgan fingerprint density at radius 3 is 2.69 bits per heavy atom. The molecule has 26 heavy (non-hydrogen) atoms. The number of aromatic amines is 1. The topological polar surface area (TPSA) is 114 Å². The molecular weight excluding hydrogens is 358 g/mol. The zero-order valence-corrected chi connectivity index (χ0v) is 15.6. The Bertz CT molecular complexity index is 824. The van der Waals surface area contributed by atoms with Crippen LogP contribution in [0, 0.1) is 0 Å². The second-order valence-electron chi connectivity index (χ2n) is 5.40. The zero-order chi connectivity index (χ0) is 19.1. The number of thioether (sulfide) groups is 1. The number of aromatic nitrogens is 2. The first kappa shape index (κ1) is 19.6. The van der Waals surface area contributed by atoms with Crippen LogP contribution in [0.4, 0.5) is 0 Å². The van der Waals surface area contributed by atoms with Crippen molar-refractivity contribution in [1.29, 1.82) is 0 Å². The van der Waals surface area contributed by atoms with Crippen LogP contribution in [-0.2, 0) is 11.2 Å². The molecule has 0 aliphatic carbocycles. The van der Waals surface area contributed by atoms with Crippen molar-refractivity contribution in [1.82, 2.24) is 15.3 Å². The number of methoxy groups -OCH3 is 2. The van der Waals surface area contributed by atoms with E-state index in [2.05, 4.69) is 15.3 Å². The summed E-state index contributed by atoms with van der Waals surface area (Å²) < 4.78 is 10.4. The first-order chi connectivity index (χ1) is 12.4. The predicted octanol–water partition coefficient (Wildman–Crippen LogP) is 1.33. The fraction of sp³-hybridized carbons (Fsp3) is 0.353. The summed E-state index contributed by atoms with van der Waals surface area (Å²) >= 11 is 1.06. The van der Waals surface area contributed by atoms with Crippen LogP contribution in [0.5, 0.6) is 17.4 Å². The molecule has 0 radical (unpaired) electrons. The molecule has 9 heteroatoms. The molecule has 1 aromatic heterocycles. The first-order valence-electron chi connectivity index (χ1n) is 7.88. The molecule has 0 fully saturated rings. The van der Waals surface area contributed by atoms with Crippen molar-refractivity contribution in [2.24, 2.45) is 0 Å². The van der Waals surface area contributed by atoms with Gasteiger partial charge in [-0.25, -0.2) is 0 Å². The van der Waals surface area contributed by atoms with Crippen molar-refractivity contribution in [2.45, 2.75) is 23.8 Å². The third kappa shape index (κ3) is 5.41. The molecule has 8 nitrogen and oxygen atoms in total. The molecule has 2 aromatic rings. The Morgan fingerprint density at radius 1 is 1.31 bits per heavy atom. The van der Waals surface area contributed by atoms with Crippen LogP contribution in [0.3, 0.4) is 0 Å². The van der Waals surface area contributed by atoms with E-state index in [1.807, 2.05) is 18.2 Å². The van der Waals surface area contributed by atoms with Gasteiger partial charge < -0.3 is 24.9 Å². The lowest BCUT2D eigenvalue weighted by atomic mass is 10.1. The van der Waals surface area contributed by atoms with Crippen LogP contribution in [0.2, 0.25) is 0 Å². The highest BCUT2D eigenvalue weighted by Crippen LogP contribution is 2.27. The maximum atomic E-state index is 12.2. The van der Waals surface area contributed by atoms with Crippen molar-refractivity contribution in [2.75, 3.05) is 20.8 Å². The van der Waals surface area contributed by atoms with E-state index in [0.29, 0.717) is 24.5 Å². The summed E-state index contributed by atoms with van der Waals surface area (Å²) in [6.07, 6.45) is 0.630. The van der Waals surface area contributed by atoms with Crippen LogP contribution >= 0.6 is 11.8 Å². The summed E-state index contributed by atoms with van der Waals surface area (Å²) in [6.45, 7) is 2.14. The standard InChI is InChI=1S/C17H21N3O5S/c1-10(26-17-19-14(21)9-15(22)20-17)16(23)18-7-6-11-4-5-12(24-2)13(8-11)25-3/h4-5,8-10H,6-7H2,1-3H3,(H,18,23)(H2,19,20,21,22)/t10-/m0/s1. The van der Waals surface area contributed by atoms with Crippen LogP contribution < -0.4 is 20.3 Å². The van der Waals surface area contributed by atoms with Crippen LogP contribution in [0.25, 0.3) is 0 Å². The van der Waals surface area contributed by atoms with E-state index in [1.54, 1.807) is 21.1 Å². The minimum absolute atomic E-state index is 0.192. The summed E-state index contributed by atoms with van der Waals surface area (Å²) in [7, 11) is 3.15. The third-order valence-corrected chi connectivity index (χ3v) is 4.51.